The number of carboxylic acids is 1. The number of hydrogen-bond donors (Lipinski definition) is 4. The number of aliphatic carboxylic acids is 1. The zero-order chi connectivity index (χ0) is 18.0. The third-order valence-corrected chi connectivity index (χ3v) is 4.67. The number of aliphatic hydroxyl groups is 1. The summed E-state index contributed by atoms with van der Waals surface area (Å²) in [5.74, 6) is -1.43. The van der Waals surface area contributed by atoms with E-state index in [4.69, 9.17) is 5.11 Å². The molecule has 0 saturated heterocycles. The van der Waals surface area contributed by atoms with Crippen molar-refractivity contribution < 1.29 is 25.2 Å². The van der Waals surface area contributed by atoms with Crippen LogP contribution in [0.15, 0.2) is 35.9 Å². The Balaban J connectivity index is 2.42. The summed E-state index contributed by atoms with van der Waals surface area (Å²) in [6.45, 7) is 7.66. The van der Waals surface area contributed by atoms with Gasteiger partial charge in [0.15, 0.2) is 0 Å². The normalized spacial score (nSPS) is 23.6. The summed E-state index contributed by atoms with van der Waals surface area (Å²) < 4.78 is 0. The summed E-state index contributed by atoms with van der Waals surface area (Å²) >= 11 is 0. The Kier molecular flexibility index (Phi) is 5.34. The van der Waals surface area contributed by atoms with Crippen LogP contribution < -0.4 is 0 Å². The molecule has 0 fully saturated rings. The summed E-state index contributed by atoms with van der Waals surface area (Å²) in [7, 11) is 0. The molecule has 1 unspecified atom stereocenters. The maximum atomic E-state index is 10.7. The van der Waals surface area contributed by atoms with Gasteiger partial charge in [-0.2, -0.15) is 0 Å². The lowest BCUT2D eigenvalue weighted by atomic mass is 9.72. The van der Waals surface area contributed by atoms with Gasteiger partial charge in [-0.15, -0.1) is 0 Å². The molecule has 0 saturated carbocycles. The van der Waals surface area contributed by atoms with Crippen molar-refractivity contribution >= 4 is 5.97 Å². The molecule has 0 aromatic heterocycles. The fourth-order valence-electron chi connectivity index (χ4n) is 3.29. The first-order valence-electron chi connectivity index (χ1n) is 7.99. The number of phenolic OH excluding ortho intramolecular Hbond substituents is 2. The molecule has 130 valence electrons. The first-order chi connectivity index (χ1) is 11.2. The molecule has 1 aromatic rings. The standard InChI is InChI=1S/C19H24O5/c1-10(2)13-9-15(20)11(3)6-14(13)19-16(21)7-12(8-17(19)22)4-5-18(23)24/h6-8,13-15,20-22H,1,4-5,9H2,2-3H3,(H,23,24)/t13-,14+,15?/m0/s1. The van der Waals surface area contributed by atoms with E-state index in [9.17, 15) is 20.1 Å². The highest BCUT2D eigenvalue weighted by Gasteiger charge is 2.33. The van der Waals surface area contributed by atoms with Crippen molar-refractivity contribution in [2.75, 3.05) is 0 Å². The van der Waals surface area contributed by atoms with Gasteiger partial charge in [0.25, 0.3) is 0 Å². The van der Waals surface area contributed by atoms with E-state index in [-0.39, 0.29) is 36.2 Å². The lowest BCUT2D eigenvalue weighted by molar-refractivity contribution is -0.136. The molecule has 0 heterocycles. The van der Waals surface area contributed by atoms with Gasteiger partial charge in [-0.3, -0.25) is 4.79 Å². The highest BCUT2D eigenvalue weighted by molar-refractivity contribution is 5.67. The second-order valence-electron chi connectivity index (χ2n) is 6.58. The van der Waals surface area contributed by atoms with Crippen LogP contribution in [0.3, 0.4) is 0 Å². The molecule has 0 radical (unpaired) electrons. The van der Waals surface area contributed by atoms with Gasteiger partial charge in [0.2, 0.25) is 0 Å². The molecular weight excluding hydrogens is 308 g/mol. The Hall–Kier alpha value is -2.27. The van der Waals surface area contributed by atoms with Gasteiger partial charge in [-0.25, -0.2) is 0 Å². The largest absolute Gasteiger partial charge is 0.507 e. The van der Waals surface area contributed by atoms with E-state index >= 15 is 0 Å². The molecule has 2 rings (SSSR count). The Bertz CT molecular complexity index is 666. The number of allylic oxidation sites excluding steroid dienone is 2. The Morgan fingerprint density at radius 1 is 1.29 bits per heavy atom. The van der Waals surface area contributed by atoms with E-state index < -0.39 is 12.1 Å². The Labute approximate surface area is 141 Å². The number of aliphatic hydroxyl groups excluding tert-OH is 1. The highest BCUT2D eigenvalue weighted by Crippen LogP contribution is 2.46. The second-order valence-corrected chi connectivity index (χ2v) is 6.58. The zero-order valence-electron chi connectivity index (χ0n) is 14.0. The van der Waals surface area contributed by atoms with Crippen LogP contribution >= 0.6 is 0 Å². The smallest absolute Gasteiger partial charge is 0.303 e. The fraction of sp³-hybridized carbons (Fsp3) is 0.421. The number of benzene rings is 1. The quantitative estimate of drug-likeness (QED) is 0.621. The number of aryl methyl sites for hydroxylation is 1. The molecule has 5 nitrogen and oxygen atoms in total. The molecular formula is C19H24O5. The minimum absolute atomic E-state index is 0.0629. The van der Waals surface area contributed by atoms with Crippen molar-refractivity contribution in [3.63, 3.8) is 0 Å². The molecule has 1 aromatic carbocycles. The third-order valence-electron chi connectivity index (χ3n) is 4.67. The Morgan fingerprint density at radius 2 is 1.88 bits per heavy atom. The van der Waals surface area contributed by atoms with Crippen LogP contribution in [0.2, 0.25) is 0 Å². The average molecular weight is 332 g/mol. The molecule has 0 amide bonds. The average Bonchev–Trinajstić information content (AvgIpc) is 2.47. The van der Waals surface area contributed by atoms with E-state index in [0.717, 1.165) is 11.1 Å². The predicted molar refractivity (Wildman–Crippen MR) is 91.2 cm³/mol. The number of aromatic hydroxyl groups is 2. The van der Waals surface area contributed by atoms with E-state index in [1.165, 1.54) is 12.1 Å². The van der Waals surface area contributed by atoms with Crippen molar-refractivity contribution in [3.05, 3.63) is 47.1 Å². The molecule has 0 aliphatic heterocycles. The first-order valence-corrected chi connectivity index (χ1v) is 7.99. The van der Waals surface area contributed by atoms with Crippen LogP contribution in [-0.2, 0) is 11.2 Å². The van der Waals surface area contributed by atoms with Gasteiger partial charge in [0, 0.05) is 17.9 Å². The lowest BCUT2D eigenvalue weighted by Gasteiger charge is -2.34. The number of carbonyl (C=O) groups is 1. The third kappa shape index (κ3) is 3.79. The van der Waals surface area contributed by atoms with Crippen molar-refractivity contribution in [1.29, 1.82) is 0 Å². The van der Waals surface area contributed by atoms with Gasteiger partial charge in [0.1, 0.15) is 11.5 Å². The van der Waals surface area contributed by atoms with Crippen LogP contribution in [0, 0.1) is 5.92 Å². The number of carboxylic acid groups (broad SMARTS) is 1. The van der Waals surface area contributed by atoms with Crippen LogP contribution in [0.5, 0.6) is 11.5 Å². The molecule has 0 bridgehead atoms. The second kappa shape index (κ2) is 7.09. The maximum absolute atomic E-state index is 10.7. The topological polar surface area (TPSA) is 98.0 Å². The number of rotatable bonds is 5. The van der Waals surface area contributed by atoms with Crippen LogP contribution in [-0.4, -0.2) is 32.5 Å². The van der Waals surface area contributed by atoms with E-state index in [0.29, 0.717) is 17.5 Å². The lowest BCUT2D eigenvalue weighted by Crippen LogP contribution is -2.26. The van der Waals surface area contributed by atoms with Gasteiger partial charge in [0.05, 0.1) is 6.10 Å². The molecule has 24 heavy (non-hydrogen) atoms. The number of phenols is 2. The molecule has 1 aliphatic carbocycles. The predicted octanol–water partition coefficient (Wildman–Crippen LogP) is 3.10. The van der Waals surface area contributed by atoms with Crippen molar-refractivity contribution in [2.45, 2.75) is 45.1 Å². The van der Waals surface area contributed by atoms with E-state index in [2.05, 4.69) is 6.58 Å². The summed E-state index contributed by atoms with van der Waals surface area (Å²) in [4.78, 5) is 10.7. The van der Waals surface area contributed by atoms with Gasteiger partial charge in [-0.05, 0) is 55.9 Å². The maximum Gasteiger partial charge on any atom is 0.303 e. The van der Waals surface area contributed by atoms with Gasteiger partial charge < -0.3 is 20.4 Å². The first kappa shape index (κ1) is 18.1. The van der Waals surface area contributed by atoms with Crippen LogP contribution in [0.1, 0.15) is 43.7 Å². The molecule has 4 N–H and O–H groups in total. The minimum Gasteiger partial charge on any atom is -0.507 e. The fourth-order valence-corrected chi connectivity index (χ4v) is 3.29. The molecule has 5 heteroatoms. The highest BCUT2D eigenvalue weighted by atomic mass is 16.4. The zero-order valence-corrected chi connectivity index (χ0v) is 14.0. The molecule has 0 spiro atoms. The van der Waals surface area contributed by atoms with E-state index in [1.807, 2.05) is 19.9 Å². The minimum atomic E-state index is -0.930. The van der Waals surface area contributed by atoms with Crippen molar-refractivity contribution in [1.82, 2.24) is 0 Å². The van der Waals surface area contributed by atoms with E-state index in [1.54, 1.807) is 0 Å². The monoisotopic (exact) mass is 332 g/mol. The van der Waals surface area contributed by atoms with Crippen LogP contribution in [0.25, 0.3) is 0 Å². The SMILES string of the molecule is C=C(C)[C@@H]1CC(O)C(C)=C[C@H]1c1c(O)cc(CCC(=O)O)cc1O. The van der Waals surface area contributed by atoms with Crippen LogP contribution in [0.4, 0.5) is 0 Å². The van der Waals surface area contributed by atoms with Gasteiger partial charge in [-0.1, -0.05) is 18.2 Å². The summed E-state index contributed by atoms with van der Waals surface area (Å²) in [5.41, 5.74) is 2.63. The van der Waals surface area contributed by atoms with Gasteiger partial charge >= 0.3 is 5.97 Å². The molecule has 3 atom stereocenters. The van der Waals surface area contributed by atoms with Crippen molar-refractivity contribution in [2.24, 2.45) is 5.92 Å². The Morgan fingerprint density at radius 3 is 2.38 bits per heavy atom. The summed E-state index contributed by atoms with van der Waals surface area (Å²) in [6.07, 6.45) is 1.96. The van der Waals surface area contributed by atoms with Crippen molar-refractivity contribution in [3.8, 4) is 11.5 Å². The number of hydrogen-bond acceptors (Lipinski definition) is 4. The summed E-state index contributed by atoms with van der Waals surface area (Å²) in [6, 6.07) is 3.00. The molecule has 1 aliphatic rings. The summed E-state index contributed by atoms with van der Waals surface area (Å²) in [5, 5.41) is 39.7.